The summed E-state index contributed by atoms with van der Waals surface area (Å²) in [4.78, 5) is 12.3. The number of rotatable bonds is 2. The van der Waals surface area contributed by atoms with Crippen LogP contribution in [-0.2, 0) is 4.79 Å². The smallest absolute Gasteiger partial charge is 0.255 e. The topological polar surface area (TPSA) is 20.3 Å². The first-order valence-electron chi connectivity index (χ1n) is 4.72. The van der Waals surface area contributed by atoms with Gasteiger partial charge in [0.15, 0.2) is 4.84 Å². The van der Waals surface area contributed by atoms with Gasteiger partial charge in [0.05, 0.1) is 0 Å². The number of likely N-dealkylation sites (tertiary alicyclic amines) is 1. The fourth-order valence-corrected chi connectivity index (χ4v) is 2.01. The van der Waals surface area contributed by atoms with E-state index in [9.17, 15) is 4.79 Å². The third-order valence-electron chi connectivity index (χ3n) is 2.59. The molecule has 1 unspecified atom stereocenters. The molecule has 0 bridgehead atoms. The van der Waals surface area contributed by atoms with E-state index in [0.717, 1.165) is 25.9 Å². The monoisotopic (exact) mass is 223 g/mol. The van der Waals surface area contributed by atoms with Crippen LogP contribution in [0.4, 0.5) is 0 Å². The molecule has 0 aromatic rings. The van der Waals surface area contributed by atoms with E-state index < -0.39 is 4.84 Å². The summed E-state index contributed by atoms with van der Waals surface area (Å²) in [5.41, 5.74) is 0. The SMILES string of the molecule is CCC1CCCN(C(=O)C(Cl)Cl)C1. The Kier molecular flexibility index (Phi) is 4.33. The van der Waals surface area contributed by atoms with E-state index in [1.807, 2.05) is 0 Å². The highest BCUT2D eigenvalue weighted by molar-refractivity contribution is 6.53. The van der Waals surface area contributed by atoms with Gasteiger partial charge >= 0.3 is 0 Å². The summed E-state index contributed by atoms with van der Waals surface area (Å²) >= 11 is 11.1. The van der Waals surface area contributed by atoms with Gasteiger partial charge in [0, 0.05) is 13.1 Å². The molecular weight excluding hydrogens is 209 g/mol. The summed E-state index contributed by atoms with van der Waals surface area (Å²) in [5, 5.41) is 0. The van der Waals surface area contributed by atoms with Gasteiger partial charge in [0.1, 0.15) is 0 Å². The van der Waals surface area contributed by atoms with Gasteiger partial charge in [0.25, 0.3) is 5.91 Å². The molecule has 0 aromatic carbocycles. The maximum absolute atomic E-state index is 11.4. The number of hydrogen-bond donors (Lipinski definition) is 0. The van der Waals surface area contributed by atoms with E-state index in [-0.39, 0.29) is 5.91 Å². The van der Waals surface area contributed by atoms with Crippen molar-refractivity contribution >= 4 is 29.1 Å². The molecule has 1 aliphatic heterocycles. The Morgan fingerprint density at radius 1 is 1.62 bits per heavy atom. The quantitative estimate of drug-likeness (QED) is 0.659. The number of alkyl halides is 2. The van der Waals surface area contributed by atoms with Crippen molar-refractivity contribution in [1.29, 1.82) is 0 Å². The average molecular weight is 224 g/mol. The minimum Gasteiger partial charge on any atom is -0.340 e. The molecule has 4 heteroatoms. The fraction of sp³-hybridized carbons (Fsp3) is 0.889. The third kappa shape index (κ3) is 3.03. The van der Waals surface area contributed by atoms with Crippen LogP contribution in [0.2, 0.25) is 0 Å². The molecule has 0 saturated carbocycles. The molecule has 1 heterocycles. The number of halogens is 2. The molecule has 1 fully saturated rings. The summed E-state index contributed by atoms with van der Waals surface area (Å²) in [6.45, 7) is 3.79. The molecule has 1 saturated heterocycles. The van der Waals surface area contributed by atoms with Gasteiger partial charge < -0.3 is 4.90 Å². The molecule has 0 N–H and O–H groups in total. The Morgan fingerprint density at radius 3 is 2.85 bits per heavy atom. The van der Waals surface area contributed by atoms with E-state index in [2.05, 4.69) is 6.92 Å². The Bertz CT molecular complexity index is 184. The van der Waals surface area contributed by atoms with E-state index in [1.54, 1.807) is 4.90 Å². The maximum Gasteiger partial charge on any atom is 0.255 e. The van der Waals surface area contributed by atoms with Crippen LogP contribution in [-0.4, -0.2) is 28.7 Å². The van der Waals surface area contributed by atoms with Crippen molar-refractivity contribution in [3.05, 3.63) is 0 Å². The second kappa shape index (κ2) is 5.06. The lowest BCUT2D eigenvalue weighted by atomic mass is 9.96. The molecule has 0 aromatic heterocycles. The summed E-state index contributed by atoms with van der Waals surface area (Å²) in [7, 11) is 0. The van der Waals surface area contributed by atoms with Crippen molar-refractivity contribution in [2.75, 3.05) is 13.1 Å². The lowest BCUT2D eigenvalue weighted by Gasteiger charge is -2.32. The van der Waals surface area contributed by atoms with Crippen molar-refractivity contribution in [3.8, 4) is 0 Å². The van der Waals surface area contributed by atoms with Crippen molar-refractivity contribution in [2.45, 2.75) is 31.0 Å². The van der Waals surface area contributed by atoms with Gasteiger partial charge in [-0.2, -0.15) is 0 Å². The van der Waals surface area contributed by atoms with Crippen molar-refractivity contribution in [1.82, 2.24) is 4.90 Å². The summed E-state index contributed by atoms with van der Waals surface area (Å²) in [6, 6.07) is 0. The van der Waals surface area contributed by atoms with Crippen molar-refractivity contribution in [2.24, 2.45) is 5.92 Å². The highest BCUT2D eigenvalue weighted by Crippen LogP contribution is 2.21. The van der Waals surface area contributed by atoms with E-state index in [4.69, 9.17) is 23.2 Å². The Labute approximate surface area is 89.2 Å². The number of carbonyl (C=O) groups is 1. The zero-order valence-corrected chi connectivity index (χ0v) is 9.31. The van der Waals surface area contributed by atoms with Crippen molar-refractivity contribution in [3.63, 3.8) is 0 Å². The van der Waals surface area contributed by atoms with Gasteiger partial charge in [-0.3, -0.25) is 4.79 Å². The molecule has 1 atom stereocenters. The molecule has 13 heavy (non-hydrogen) atoms. The normalized spacial score (nSPS) is 23.7. The Balaban J connectivity index is 2.46. The third-order valence-corrected chi connectivity index (χ3v) is 2.97. The Hall–Kier alpha value is 0.0500. The first-order valence-corrected chi connectivity index (χ1v) is 5.59. The minimum absolute atomic E-state index is 0.138. The van der Waals surface area contributed by atoms with Gasteiger partial charge in [-0.25, -0.2) is 0 Å². The number of amides is 1. The molecule has 2 nitrogen and oxygen atoms in total. The number of hydrogen-bond acceptors (Lipinski definition) is 1. The predicted molar refractivity (Wildman–Crippen MR) is 55.1 cm³/mol. The molecule has 76 valence electrons. The number of carbonyl (C=O) groups excluding carboxylic acids is 1. The first kappa shape index (κ1) is 11.1. The molecule has 0 spiro atoms. The lowest BCUT2D eigenvalue weighted by Crippen LogP contribution is -2.42. The predicted octanol–water partition coefficient (Wildman–Crippen LogP) is 2.44. The molecule has 1 rings (SSSR count). The number of nitrogens with zero attached hydrogens (tertiary/aromatic N) is 1. The summed E-state index contributed by atoms with van der Waals surface area (Å²) < 4.78 is 0. The second-order valence-corrected chi connectivity index (χ2v) is 4.60. The minimum atomic E-state index is -0.893. The van der Waals surface area contributed by atoms with Crippen molar-refractivity contribution < 1.29 is 4.79 Å². The molecule has 0 aliphatic carbocycles. The average Bonchev–Trinajstić information content (AvgIpc) is 2.16. The highest BCUT2D eigenvalue weighted by Gasteiger charge is 2.25. The van der Waals surface area contributed by atoms with Crippen LogP contribution in [0.15, 0.2) is 0 Å². The van der Waals surface area contributed by atoms with Crippen LogP contribution in [0.1, 0.15) is 26.2 Å². The van der Waals surface area contributed by atoms with Crippen LogP contribution >= 0.6 is 23.2 Å². The van der Waals surface area contributed by atoms with Crippen LogP contribution in [0, 0.1) is 5.92 Å². The zero-order chi connectivity index (χ0) is 9.84. The number of piperidine rings is 1. The fourth-order valence-electron chi connectivity index (χ4n) is 1.74. The summed E-state index contributed by atoms with van der Waals surface area (Å²) in [5.74, 6) is 0.492. The van der Waals surface area contributed by atoms with Crippen LogP contribution in [0.5, 0.6) is 0 Å². The van der Waals surface area contributed by atoms with E-state index in [0.29, 0.717) is 5.92 Å². The van der Waals surface area contributed by atoms with E-state index >= 15 is 0 Å². The van der Waals surface area contributed by atoms with E-state index in [1.165, 1.54) is 6.42 Å². The van der Waals surface area contributed by atoms with Crippen LogP contribution in [0.3, 0.4) is 0 Å². The van der Waals surface area contributed by atoms with Gasteiger partial charge in [-0.05, 0) is 18.8 Å². The van der Waals surface area contributed by atoms with Crippen LogP contribution in [0.25, 0.3) is 0 Å². The standard InChI is InChI=1S/C9H15Cl2NO/c1-2-7-4-3-5-12(6-7)9(13)8(10)11/h7-8H,2-6H2,1H3. The molecule has 1 aliphatic rings. The van der Waals surface area contributed by atoms with Crippen LogP contribution < -0.4 is 0 Å². The molecular formula is C9H15Cl2NO. The maximum atomic E-state index is 11.4. The van der Waals surface area contributed by atoms with Gasteiger partial charge in [-0.1, -0.05) is 36.5 Å². The second-order valence-electron chi connectivity index (χ2n) is 3.50. The molecule has 0 radical (unpaired) electrons. The first-order chi connectivity index (χ1) is 6.15. The lowest BCUT2D eigenvalue weighted by molar-refractivity contribution is -0.131. The Morgan fingerprint density at radius 2 is 2.31 bits per heavy atom. The zero-order valence-electron chi connectivity index (χ0n) is 7.80. The summed E-state index contributed by atoms with van der Waals surface area (Å²) in [6.07, 6.45) is 3.42. The van der Waals surface area contributed by atoms with Gasteiger partial charge in [0.2, 0.25) is 0 Å². The largest absolute Gasteiger partial charge is 0.340 e. The highest BCUT2D eigenvalue weighted by atomic mass is 35.5. The van der Waals surface area contributed by atoms with Gasteiger partial charge in [-0.15, -0.1) is 0 Å². The molecule has 1 amide bonds.